The number of hydrogen-bond donors (Lipinski definition) is 2. The highest BCUT2D eigenvalue weighted by molar-refractivity contribution is 6.02. The molecule has 1 amide bonds. The van der Waals surface area contributed by atoms with Gasteiger partial charge in [0.25, 0.3) is 5.91 Å². The molecule has 0 aliphatic heterocycles. The number of unbranched alkanes of at least 4 members (excludes halogenated alkanes) is 1. The Morgan fingerprint density at radius 2 is 2.17 bits per heavy atom. The van der Waals surface area contributed by atoms with Crippen LogP contribution in [0.15, 0.2) is 36.9 Å². The maximum atomic E-state index is 12.1. The first-order chi connectivity index (χ1) is 11.0. The fourth-order valence-electron chi connectivity index (χ4n) is 3.05. The summed E-state index contributed by atoms with van der Waals surface area (Å²) < 4.78 is 2.10. The second kappa shape index (κ2) is 7.18. The van der Waals surface area contributed by atoms with Gasteiger partial charge in [0.2, 0.25) is 0 Å². The van der Waals surface area contributed by atoms with E-state index in [2.05, 4.69) is 18.1 Å². The number of rotatable bonds is 7. The minimum atomic E-state index is -0.443. The van der Waals surface area contributed by atoms with Gasteiger partial charge in [-0.05, 0) is 37.5 Å². The summed E-state index contributed by atoms with van der Waals surface area (Å²) in [4.78, 5) is 12.1. The second-order valence-corrected chi connectivity index (χ2v) is 5.70. The smallest absolute Gasteiger partial charge is 0.251 e. The lowest BCUT2D eigenvalue weighted by Gasteiger charge is -2.11. The Morgan fingerprint density at radius 1 is 1.43 bits per heavy atom. The lowest BCUT2D eigenvalue weighted by atomic mass is 9.97. The molecule has 0 spiro atoms. The largest absolute Gasteiger partial charge is 0.508 e. The van der Waals surface area contributed by atoms with Gasteiger partial charge in [-0.1, -0.05) is 31.6 Å². The van der Waals surface area contributed by atoms with E-state index >= 15 is 0 Å². The molecule has 1 aromatic heterocycles. The molecule has 0 fully saturated rings. The first kappa shape index (κ1) is 16.9. The van der Waals surface area contributed by atoms with E-state index in [1.807, 2.05) is 19.1 Å². The SMILES string of the molecule is C=CCn1c(C)c(C(N)=O)c(-c2cccc(O)c2)c1CCCC. The third kappa shape index (κ3) is 3.31. The average Bonchev–Trinajstić information content (AvgIpc) is 2.78. The zero-order chi connectivity index (χ0) is 17.0. The van der Waals surface area contributed by atoms with Crippen molar-refractivity contribution in [2.24, 2.45) is 5.73 Å². The van der Waals surface area contributed by atoms with Crippen LogP contribution in [-0.4, -0.2) is 15.6 Å². The fraction of sp³-hybridized carbons (Fsp3) is 0.316. The lowest BCUT2D eigenvalue weighted by molar-refractivity contribution is 0.1000. The lowest BCUT2D eigenvalue weighted by Crippen LogP contribution is -2.13. The maximum absolute atomic E-state index is 12.1. The number of phenolic OH excluding ortho intramolecular Hbond substituents is 1. The minimum Gasteiger partial charge on any atom is -0.508 e. The van der Waals surface area contributed by atoms with Gasteiger partial charge in [0, 0.05) is 23.5 Å². The van der Waals surface area contributed by atoms with Crippen LogP contribution in [-0.2, 0) is 13.0 Å². The molecule has 1 heterocycles. The molecule has 23 heavy (non-hydrogen) atoms. The van der Waals surface area contributed by atoms with Gasteiger partial charge in [-0.2, -0.15) is 0 Å². The van der Waals surface area contributed by atoms with Gasteiger partial charge < -0.3 is 15.4 Å². The summed E-state index contributed by atoms with van der Waals surface area (Å²) in [6.07, 6.45) is 4.75. The Morgan fingerprint density at radius 3 is 2.74 bits per heavy atom. The number of aromatic nitrogens is 1. The summed E-state index contributed by atoms with van der Waals surface area (Å²) >= 11 is 0. The summed E-state index contributed by atoms with van der Waals surface area (Å²) in [6, 6.07) is 6.97. The van der Waals surface area contributed by atoms with E-state index in [0.29, 0.717) is 12.1 Å². The van der Waals surface area contributed by atoms with Gasteiger partial charge in [0.05, 0.1) is 5.56 Å². The highest BCUT2D eigenvalue weighted by atomic mass is 16.3. The summed E-state index contributed by atoms with van der Waals surface area (Å²) in [7, 11) is 0. The van der Waals surface area contributed by atoms with Crippen molar-refractivity contribution in [1.29, 1.82) is 0 Å². The number of nitrogens with zero attached hydrogens (tertiary/aromatic N) is 1. The summed E-state index contributed by atoms with van der Waals surface area (Å²) in [5.41, 5.74) is 9.76. The molecule has 0 atom stereocenters. The molecule has 1 aromatic carbocycles. The number of nitrogens with two attached hydrogens (primary N) is 1. The number of aromatic hydroxyl groups is 1. The van der Waals surface area contributed by atoms with E-state index in [1.165, 1.54) is 0 Å². The Balaban J connectivity index is 2.76. The molecule has 2 aromatic rings. The Labute approximate surface area is 137 Å². The Kier molecular flexibility index (Phi) is 5.27. The van der Waals surface area contributed by atoms with Gasteiger partial charge in [-0.25, -0.2) is 0 Å². The highest BCUT2D eigenvalue weighted by Crippen LogP contribution is 2.35. The fourth-order valence-corrected chi connectivity index (χ4v) is 3.05. The normalized spacial score (nSPS) is 10.7. The number of carbonyl (C=O) groups excluding carboxylic acids is 1. The first-order valence-corrected chi connectivity index (χ1v) is 7.93. The molecular weight excluding hydrogens is 288 g/mol. The van der Waals surface area contributed by atoms with Crippen LogP contribution < -0.4 is 5.73 Å². The van der Waals surface area contributed by atoms with Crippen LogP contribution in [0.1, 0.15) is 41.5 Å². The number of hydrogen-bond acceptors (Lipinski definition) is 2. The van der Waals surface area contributed by atoms with Crippen molar-refractivity contribution in [3.05, 3.63) is 53.9 Å². The van der Waals surface area contributed by atoms with E-state index in [1.54, 1.807) is 18.2 Å². The second-order valence-electron chi connectivity index (χ2n) is 5.70. The molecule has 0 radical (unpaired) electrons. The molecule has 0 unspecified atom stereocenters. The molecule has 0 bridgehead atoms. The number of phenols is 1. The van der Waals surface area contributed by atoms with E-state index in [9.17, 15) is 9.90 Å². The maximum Gasteiger partial charge on any atom is 0.251 e. The highest BCUT2D eigenvalue weighted by Gasteiger charge is 2.24. The zero-order valence-electron chi connectivity index (χ0n) is 13.8. The summed E-state index contributed by atoms with van der Waals surface area (Å²) in [5, 5.41) is 9.81. The van der Waals surface area contributed by atoms with Crippen molar-refractivity contribution >= 4 is 5.91 Å². The van der Waals surface area contributed by atoms with Crippen molar-refractivity contribution in [2.45, 2.75) is 39.7 Å². The summed E-state index contributed by atoms with van der Waals surface area (Å²) in [5.74, 6) is -0.269. The minimum absolute atomic E-state index is 0.175. The molecule has 0 saturated heterocycles. The van der Waals surface area contributed by atoms with Crippen LogP contribution in [0.5, 0.6) is 5.75 Å². The van der Waals surface area contributed by atoms with Gasteiger partial charge in [0.15, 0.2) is 0 Å². The predicted octanol–water partition coefficient (Wildman–Crippen LogP) is 3.80. The quantitative estimate of drug-likeness (QED) is 0.764. The van der Waals surface area contributed by atoms with Crippen molar-refractivity contribution in [3.8, 4) is 16.9 Å². The summed E-state index contributed by atoms with van der Waals surface area (Å²) in [6.45, 7) is 8.48. The van der Waals surface area contributed by atoms with Crippen LogP contribution in [0.4, 0.5) is 0 Å². The van der Waals surface area contributed by atoms with Gasteiger partial charge in [-0.15, -0.1) is 6.58 Å². The molecule has 2 rings (SSSR count). The van der Waals surface area contributed by atoms with Crippen molar-refractivity contribution in [3.63, 3.8) is 0 Å². The van der Waals surface area contributed by atoms with Crippen molar-refractivity contribution < 1.29 is 9.90 Å². The van der Waals surface area contributed by atoms with Crippen LogP contribution in [0.3, 0.4) is 0 Å². The van der Waals surface area contributed by atoms with Gasteiger partial charge in [0.1, 0.15) is 5.75 Å². The van der Waals surface area contributed by atoms with E-state index < -0.39 is 5.91 Å². The molecular formula is C19H24N2O2. The molecule has 0 aliphatic carbocycles. The molecule has 4 nitrogen and oxygen atoms in total. The Bertz CT molecular complexity index is 729. The monoisotopic (exact) mass is 312 g/mol. The first-order valence-electron chi connectivity index (χ1n) is 7.93. The van der Waals surface area contributed by atoms with E-state index in [-0.39, 0.29) is 5.75 Å². The van der Waals surface area contributed by atoms with Crippen LogP contribution in [0.2, 0.25) is 0 Å². The average molecular weight is 312 g/mol. The molecule has 0 saturated carbocycles. The topological polar surface area (TPSA) is 68.2 Å². The molecule has 0 aliphatic rings. The Hall–Kier alpha value is -2.49. The predicted molar refractivity (Wildman–Crippen MR) is 93.6 cm³/mol. The van der Waals surface area contributed by atoms with Gasteiger partial charge >= 0.3 is 0 Å². The van der Waals surface area contributed by atoms with Crippen molar-refractivity contribution in [2.75, 3.05) is 0 Å². The van der Waals surface area contributed by atoms with Crippen LogP contribution >= 0.6 is 0 Å². The molecule has 122 valence electrons. The van der Waals surface area contributed by atoms with E-state index in [0.717, 1.165) is 41.8 Å². The van der Waals surface area contributed by atoms with Crippen molar-refractivity contribution in [1.82, 2.24) is 4.57 Å². The van der Waals surface area contributed by atoms with Crippen LogP contribution in [0, 0.1) is 6.92 Å². The number of amides is 1. The van der Waals surface area contributed by atoms with Gasteiger partial charge in [-0.3, -0.25) is 4.79 Å². The van der Waals surface area contributed by atoms with Crippen LogP contribution in [0.25, 0.3) is 11.1 Å². The zero-order valence-corrected chi connectivity index (χ0v) is 13.8. The number of benzene rings is 1. The standard InChI is InChI=1S/C19H24N2O2/c1-4-6-10-16-18(14-8-7-9-15(22)12-14)17(19(20)23)13(3)21(16)11-5-2/h5,7-9,12,22H,2,4,6,10-11H2,1,3H3,(H2,20,23). The third-order valence-corrected chi connectivity index (χ3v) is 4.09. The molecule has 3 N–H and O–H groups in total. The third-order valence-electron chi connectivity index (χ3n) is 4.09. The number of primary amides is 1. The number of allylic oxidation sites excluding steroid dienone is 1. The number of carbonyl (C=O) groups is 1. The van der Waals surface area contributed by atoms with E-state index in [4.69, 9.17) is 5.73 Å². The molecule has 4 heteroatoms.